The zero-order valence-electron chi connectivity index (χ0n) is 19.9. The van der Waals surface area contributed by atoms with Crippen LogP contribution in [0.2, 0.25) is 5.02 Å². The summed E-state index contributed by atoms with van der Waals surface area (Å²) in [5.41, 5.74) is 4.05. The second-order valence-corrected chi connectivity index (χ2v) is 9.57. The maximum absolute atomic E-state index is 12.8. The number of hydrogen-bond donors (Lipinski definition) is 2. The zero-order chi connectivity index (χ0) is 24.3. The first-order valence-electron chi connectivity index (χ1n) is 10.7. The van der Waals surface area contributed by atoms with E-state index in [1.165, 1.54) is 4.90 Å². The lowest BCUT2D eigenvalue weighted by molar-refractivity contribution is -0.116. The van der Waals surface area contributed by atoms with E-state index in [4.69, 9.17) is 16.7 Å². The number of carbonyl (C=O) groups excluding carboxylic acids is 2. The Kier molecular flexibility index (Phi) is 7.12. The van der Waals surface area contributed by atoms with Crippen molar-refractivity contribution in [1.29, 1.82) is 0 Å². The Morgan fingerprint density at radius 1 is 1.03 bits per heavy atom. The summed E-state index contributed by atoms with van der Waals surface area (Å²) in [5.74, 6) is 0.225. The fourth-order valence-electron chi connectivity index (χ4n) is 3.18. The number of urea groups is 1. The molecule has 1 aromatic heterocycles. The Labute approximate surface area is 199 Å². The highest BCUT2D eigenvalue weighted by molar-refractivity contribution is 6.31. The second-order valence-electron chi connectivity index (χ2n) is 9.16. The van der Waals surface area contributed by atoms with Gasteiger partial charge in [0, 0.05) is 29.2 Å². The number of likely N-dealkylation sites (N-methyl/N-ethyl adjacent to an activating group) is 1. The minimum absolute atomic E-state index is 0.130. The molecule has 2 aromatic carbocycles. The van der Waals surface area contributed by atoms with Gasteiger partial charge in [-0.05, 0) is 43.2 Å². The van der Waals surface area contributed by atoms with Crippen LogP contribution in [0.25, 0.3) is 5.69 Å². The number of nitrogens with zero attached hydrogens (tertiary/aromatic N) is 3. The summed E-state index contributed by atoms with van der Waals surface area (Å²) >= 11 is 6.12. The molecule has 0 spiro atoms. The monoisotopic (exact) mass is 467 g/mol. The summed E-state index contributed by atoms with van der Waals surface area (Å²) in [7, 11) is 1.56. The molecule has 33 heavy (non-hydrogen) atoms. The Bertz CT molecular complexity index is 1180. The van der Waals surface area contributed by atoms with Gasteiger partial charge in [-0.3, -0.25) is 4.79 Å². The number of para-hydroxylation sites is 1. The Morgan fingerprint density at radius 3 is 2.36 bits per heavy atom. The molecule has 0 saturated carbocycles. The van der Waals surface area contributed by atoms with Gasteiger partial charge in [0.1, 0.15) is 12.4 Å². The quantitative estimate of drug-likeness (QED) is 0.516. The fourth-order valence-corrected chi connectivity index (χ4v) is 3.36. The highest BCUT2D eigenvalue weighted by atomic mass is 35.5. The molecule has 7 nitrogen and oxygen atoms in total. The molecule has 0 radical (unpaired) electrons. The standard InChI is InChI=1S/C25H30ClN5O2/c1-16-11-12-18(13-19(16)26)27-24(33)30(6)15-23(32)28-22-14-21(25(3,4)5)29-31(22)20-10-8-7-9-17(20)2/h7-14H,15H2,1-6H3,(H,27,33)(H,28,32). The van der Waals surface area contributed by atoms with E-state index in [0.717, 1.165) is 22.5 Å². The average molecular weight is 468 g/mol. The average Bonchev–Trinajstić information content (AvgIpc) is 3.15. The smallest absolute Gasteiger partial charge is 0.318 e. The molecule has 3 aromatic rings. The lowest BCUT2D eigenvalue weighted by Gasteiger charge is -2.18. The Morgan fingerprint density at radius 2 is 1.73 bits per heavy atom. The number of aromatic nitrogens is 2. The molecule has 0 aliphatic heterocycles. The predicted molar refractivity (Wildman–Crippen MR) is 133 cm³/mol. The van der Waals surface area contributed by atoms with Gasteiger partial charge in [0.15, 0.2) is 0 Å². The van der Waals surface area contributed by atoms with E-state index in [2.05, 4.69) is 31.4 Å². The topological polar surface area (TPSA) is 79.3 Å². The number of nitrogens with one attached hydrogen (secondary N) is 2. The molecule has 3 amide bonds. The van der Waals surface area contributed by atoms with Crippen LogP contribution < -0.4 is 10.6 Å². The first kappa shape index (κ1) is 24.3. The van der Waals surface area contributed by atoms with E-state index >= 15 is 0 Å². The molecule has 2 N–H and O–H groups in total. The number of rotatable bonds is 5. The van der Waals surface area contributed by atoms with Crippen LogP contribution in [0.3, 0.4) is 0 Å². The summed E-state index contributed by atoms with van der Waals surface area (Å²) in [6.45, 7) is 9.96. The molecule has 0 saturated heterocycles. The third kappa shape index (κ3) is 5.93. The molecule has 3 rings (SSSR count). The summed E-state index contributed by atoms with van der Waals surface area (Å²) in [4.78, 5) is 26.7. The minimum atomic E-state index is -0.409. The lowest BCUT2D eigenvalue weighted by Crippen LogP contribution is -2.37. The summed E-state index contributed by atoms with van der Waals surface area (Å²) in [6, 6.07) is 14.6. The van der Waals surface area contributed by atoms with Crippen molar-refractivity contribution >= 4 is 35.0 Å². The van der Waals surface area contributed by atoms with Crippen LogP contribution in [-0.2, 0) is 10.2 Å². The normalized spacial score (nSPS) is 11.2. The molecule has 0 aliphatic carbocycles. The molecule has 8 heteroatoms. The van der Waals surface area contributed by atoms with Gasteiger partial charge < -0.3 is 15.5 Å². The molecule has 1 heterocycles. The van der Waals surface area contributed by atoms with Crippen molar-refractivity contribution in [2.75, 3.05) is 24.2 Å². The van der Waals surface area contributed by atoms with Crippen molar-refractivity contribution in [3.8, 4) is 5.69 Å². The first-order valence-corrected chi connectivity index (χ1v) is 11.1. The molecule has 0 bridgehead atoms. The van der Waals surface area contributed by atoms with Gasteiger partial charge in [-0.1, -0.05) is 56.6 Å². The lowest BCUT2D eigenvalue weighted by atomic mass is 9.92. The van der Waals surface area contributed by atoms with Gasteiger partial charge in [-0.25, -0.2) is 9.48 Å². The van der Waals surface area contributed by atoms with E-state index in [1.54, 1.807) is 23.9 Å². The van der Waals surface area contributed by atoms with Crippen LogP contribution in [0.1, 0.15) is 37.6 Å². The Hall–Kier alpha value is -3.32. The van der Waals surface area contributed by atoms with Crippen molar-refractivity contribution in [3.05, 3.63) is 70.4 Å². The van der Waals surface area contributed by atoms with Gasteiger partial charge in [0.2, 0.25) is 5.91 Å². The van der Waals surface area contributed by atoms with E-state index in [-0.39, 0.29) is 17.9 Å². The first-order chi connectivity index (χ1) is 15.5. The van der Waals surface area contributed by atoms with Gasteiger partial charge in [-0.15, -0.1) is 0 Å². The highest BCUT2D eigenvalue weighted by Crippen LogP contribution is 2.27. The van der Waals surface area contributed by atoms with Crippen LogP contribution >= 0.6 is 11.6 Å². The molecule has 174 valence electrons. The van der Waals surface area contributed by atoms with Crippen LogP contribution in [-0.4, -0.2) is 40.2 Å². The van der Waals surface area contributed by atoms with Gasteiger partial charge in [0.25, 0.3) is 0 Å². The number of hydrogen-bond acceptors (Lipinski definition) is 3. The van der Waals surface area contributed by atoms with Crippen LogP contribution in [0.4, 0.5) is 16.3 Å². The predicted octanol–water partition coefficient (Wildman–Crippen LogP) is 5.54. The molecular weight excluding hydrogens is 438 g/mol. The van der Waals surface area contributed by atoms with Crippen LogP contribution in [0.15, 0.2) is 48.5 Å². The van der Waals surface area contributed by atoms with E-state index in [9.17, 15) is 9.59 Å². The number of aryl methyl sites for hydroxylation is 2. The summed E-state index contributed by atoms with van der Waals surface area (Å²) in [5, 5.41) is 11.0. The maximum atomic E-state index is 12.8. The van der Waals surface area contributed by atoms with Gasteiger partial charge in [-0.2, -0.15) is 5.10 Å². The number of amides is 3. The number of carbonyl (C=O) groups is 2. The van der Waals surface area contributed by atoms with E-state index in [0.29, 0.717) is 16.5 Å². The van der Waals surface area contributed by atoms with Crippen molar-refractivity contribution in [2.45, 2.75) is 40.0 Å². The van der Waals surface area contributed by atoms with Crippen LogP contribution in [0, 0.1) is 13.8 Å². The largest absolute Gasteiger partial charge is 0.322 e. The van der Waals surface area contributed by atoms with Crippen molar-refractivity contribution in [3.63, 3.8) is 0 Å². The molecule has 0 aliphatic rings. The molecule has 0 unspecified atom stereocenters. The molecule has 0 atom stereocenters. The third-order valence-electron chi connectivity index (χ3n) is 5.24. The number of benzene rings is 2. The SMILES string of the molecule is Cc1ccc(NC(=O)N(C)CC(=O)Nc2cc(C(C)(C)C)nn2-c2ccccc2C)cc1Cl. The van der Waals surface area contributed by atoms with Crippen LogP contribution in [0.5, 0.6) is 0 Å². The highest BCUT2D eigenvalue weighted by Gasteiger charge is 2.23. The minimum Gasteiger partial charge on any atom is -0.318 e. The zero-order valence-corrected chi connectivity index (χ0v) is 20.6. The fraction of sp³-hybridized carbons (Fsp3) is 0.320. The molecule has 0 fully saturated rings. The Balaban J connectivity index is 1.75. The van der Waals surface area contributed by atoms with Gasteiger partial charge in [0.05, 0.1) is 11.4 Å². The number of halogens is 1. The summed E-state index contributed by atoms with van der Waals surface area (Å²) < 4.78 is 1.74. The summed E-state index contributed by atoms with van der Waals surface area (Å²) in [6.07, 6.45) is 0. The van der Waals surface area contributed by atoms with E-state index in [1.807, 2.05) is 50.2 Å². The second kappa shape index (κ2) is 9.67. The van der Waals surface area contributed by atoms with Crippen molar-refractivity contribution < 1.29 is 9.59 Å². The van der Waals surface area contributed by atoms with Crippen molar-refractivity contribution in [1.82, 2.24) is 14.7 Å². The van der Waals surface area contributed by atoms with E-state index < -0.39 is 6.03 Å². The number of anilines is 2. The van der Waals surface area contributed by atoms with Gasteiger partial charge >= 0.3 is 6.03 Å². The third-order valence-corrected chi connectivity index (χ3v) is 5.65. The van der Waals surface area contributed by atoms with Crippen molar-refractivity contribution in [2.24, 2.45) is 0 Å². The maximum Gasteiger partial charge on any atom is 0.322 e. The molecular formula is C25H30ClN5O2.